The summed E-state index contributed by atoms with van der Waals surface area (Å²) in [6, 6.07) is 0. The molecule has 1 atom stereocenters. The lowest BCUT2D eigenvalue weighted by molar-refractivity contribution is -0.0130. The van der Waals surface area contributed by atoms with Gasteiger partial charge >= 0.3 is 0 Å². The molecule has 0 aliphatic rings. The average Bonchev–Trinajstić information content (AvgIpc) is 2.15. The molecule has 0 rings (SSSR count). The lowest BCUT2D eigenvalue weighted by atomic mass is 10.1. The van der Waals surface area contributed by atoms with E-state index >= 15 is 0 Å². The number of hydrogen-bond acceptors (Lipinski definition) is 2. The molecule has 0 aromatic rings. The van der Waals surface area contributed by atoms with Crippen molar-refractivity contribution in [2.24, 2.45) is 5.92 Å². The van der Waals surface area contributed by atoms with Crippen molar-refractivity contribution in [3.8, 4) is 0 Å². The van der Waals surface area contributed by atoms with Gasteiger partial charge in [0.05, 0.1) is 12.2 Å². The maximum Gasteiger partial charge on any atom is 0.0598 e. The highest BCUT2D eigenvalue weighted by atomic mass is 16.5. The van der Waals surface area contributed by atoms with Gasteiger partial charge < -0.3 is 9.64 Å². The van der Waals surface area contributed by atoms with Crippen LogP contribution >= 0.6 is 0 Å². The summed E-state index contributed by atoms with van der Waals surface area (Å²) >= 11 is 0. The summed E-state index contributed by atoms with van der Waals surface area (Å²) in [6.45, 7) is 15.7. The molecule has 0 spiro atoms. The van der Waals surface area contributed by atoms with Gasteiger partial charge in [-0.2, -0.15) is 0 Å². The fourth-order valence-corrected chi connectivity index (χ4v) is 1.14. The summed E-state index contributed by atoms with van der Waals surface area (Å²) in [5, 5.41) is 0. The highest BCUT2D eigenvalue weighted by Gasteiger charge is 2.11. The van der Waals surface area contributed by atoms with E-state index in [4.69, 9.17) is 4.74 Å². The molecule has 0 aliphatic heterocycles. The Bertz CT molecular complexity index is 177. The zero-order chi connectivity index (χ0) is 11.9. The second kappa shape index (κ2) is 6.89. The van der Waals surface area contributed by atoms with E-state index in [-0.39, 0.29) is 5.60 Å². The predicted molar refractivity (Wildman–Crippen MR) is 66.9 cm³/mol. The van der Waals surface area contributed by atoms with Gasteiger partial charge in [0.25, 0.3) is 0 Å². The third kappa shape index (κ3) is 8.49. The van der Waals surface area contributed by atoms with Crippen molar-refractivity contribution in [2.45, 2.75) is 47.1 Å². The number of rotatable bonds is 6. The van der Waals surface area contributed by atoms with E-state index in [1.54, 1.807) is 0 Å². The smallest absolute Gasteiger partial charge is 0.0598 e. The van der Waals surface area contributed by atoms with Crippen LogP contribution in [0, 0.1) is 5.92 Å². The van der Waals surface area contributed by atoms with E-state index in [2.05, 4.69) is 58.7 Å². The monoisotopic (exact) mass is 213 g/mol. The van der Waals surface area contributed by atoms with Crippen LogP contribution < -0.4 is 0 Å². The first kappa shape index (κ1) is 14.5. The van der Waals surface area contributed by atoms with Crippen molar-refractivity contribution in [2.75, 3.05) is 19.7 Å². The summed E-state index contributed by atoms with van der Waals surface area (Å²) in [4.78, 5) is 2.29. The average molecular weight is 213 g/mol. The molecule has 0 amide bonds. The van der Waals surface area contributed by atoms with Crippen LogP contribution in [0.4, 0.5) is 0 Å². The highest BCUT2D eigenvalue weighted by molar-refractivity contribution is 4.86. The van der Waals surface area contributed by atoms with Crippen molar-refractivity contribution in [3.05, 3.63) is 12.3 Å². The molecule has 0 saturated carbocycles. The molecule has 2 heteroatoms. The molecule has 0 heterocycles. The van der Waals surface area contributed by atoms with E-state index in [0.717, 1.165) is 19.7 Å². The molecule has 0 bridgehead atoms. The van der Waals surface area contributed by atoms with Gasteiger partial charge in [-0.15, -0.1) is 0 Å². The summed E-state index contributed by atoms with van der Waals surface area (Å²) in [7, 11) is 0. The van der Waals surface area contributed by atoms with Gasteiger partial charge in [-0.3, -0.25) is 0 Å². The second-order valence-corrected chi connectivity index (χ2v) is 4.96. The Morgan fingerprint density at radius 1 is 1.20 bits per heavy atom. The van der Waals surface area contributed by atoms with Crippen LogP contribution in [0.1, 0.15) is 41.5 Å². The van der Waals surface area contributed by atoms with Gasteiger partial charge in [0.1, 0.15) is 0 Å². The molecule has 0 aromatic heterocycles. The van der Waals surface area contributed by atoms with Gasteiger partial charge in [-0.25, -0.2) is 0 Å². The second-order valence-electron chi connectivity index (χ2n) is 4.96. The van der Waals surface area contributed by atoms with Gasteiger partial charge in [0, 0.05) is 13.1 Å². The Morgan fingerprint density at radius 3 is 2.13 bits per heavy atom. The van der Waals surface area contributed by atoms with Crippen molar-refractivity contribution < 1.29 is 4.74 Å². The van der Waals surface area contributed by atoms with Gasteiger partial charge in [0.2, 0.25) is 0 Å². The fourth-order valence-electron chi connectivity index (χ4n) is 1.14. The van der Waals surface area contributed by atoms with E-state index < -0.39 is 0 Å². The Labute approximate surface area is 95.3 Å². The predicted octanol–water partition coefficient (Wildman–Crippen LogP) is 3.29. The highest BCUT2D eigenvalue weighted by Crippen LogP contribution is 2.10. The van der Waals surface area contributed by atoms with Crippen LogP contribution in [0.2, 0.25) is 0 Å². The van der Waals surface area contributed by atoms with E-state index in [1.807, 2.05) is 0 Å². The molecule has 0 unspecified atom stereocenters. The van der Waals surface area contributed by atoms with Gasteiger partial charge in [0.15, 0.2) is 0 Å². The minimum atomic E-state index is -0.0305. The summed E-state index contributed by atoms with van der Waals surface area (Å²) in [5.41, 5.74) is -0.0305. The molecule has 90 valence electrons. The van der Waals surface area contributed by atoms with E-state index in [1.165, 1.54) is 0 Å². The summed E-state index contributed by atoms with van der Waals surface area (Å²) in [6.07, 6.45) is 4.40. The molecule has 0 N–H and O–H groups in total. The topological polar surface area (TPSA) is 12.5 Å². The summed E-state index contributed by atoms with van der Waals surface area (Å²) < 4.78 is 5.72. The van der Waals surface area contributed by atoms with Crippen molar-refractivity contribution in [1.82, 2.24) is 4.90 Å². The first-order valence-electron chi connectivity index (χ1n) is 5.95. The minimum Gasteiger partial charge on any atom is -0.378 e. The van der Waals surface area contributed by atoms with Crippen LogP contribution in [0.25, 0.3) is 0 Å². The van der Waals surface area contributed by atoms with Crippen LogP contribution in [0.3, 0.4) is 0 Å². The van der Waals surface area contributed by atoms with Crippen molar-refractivity contribution in [1.29, 1.82) is 0 Å². The Kier molecular flexibility index (Phi) is 6.66. The Balaban J connectivity index is 3.87. The van der Waals surface area contributed by atoms with Crippen LogP contribution in [0.5, 0.6) is 0 Å². The van der Waals surface area contributed by atoms with Crippen molar-refractivity contribution >= 4 is 0 Å². The van der Waals surface area contributed by atoms with E-state index in [9.17, 15) is 0 Å². The third-order valence-corrected chi connectivity index (χ3v) is 2.22. The van der Waals surface area contributed by atoms with Crippen molar-refractivity contribution in [3.63, 3.8) is 0 Å². The lowest BCUT2D eigenvalue weighted by Gasteiger charge is -2.22. The Hall–Kier alpha value is -0.500. The molecule has 0 aliphatic carbocycles. The maximum atomic E-state index is 5.72. The van der Waals surface area contributed by atoms with Crippen LogP contribution in [-0.4, -0.2) is 30.2 Å². The van der Waals surface area contributed by atoms with Crippen LogP contribution in [-0.2, 0) is 4.74 Å². The molecule has 2 nitrogen and oxygen atoms in total. The number of ether oxygens (including phenoxy) is 1. The zero-order valence-electron chi connectivity index (χ0n) is 11.2. The number of nitrogens with zero attached hydrogens (tertiary/aromatic N) is 1. The normalized spacial score (nSPS) is 14.5. The quantitative estimate of drug-likeness (QED) is 0.671. The minimum absolute atomic E-state index is 0.0305. The van der Waals surface area contributed by atoms with Crippen LogP contribution in [0.15, 0.2) is 12.3 Å². The zero-order valence-corrected chi connectivity index (χ0v) is 11.2. The fraction of sp³-hybridized carbons (Fsp3) is 0.846. The first-order chi connectivity index (χ1) is 6.89. The number of hydrogen-bond donors (Lipinski definition) is 0. The largest absolute Gasteiger partial charge is 0.378 e. The van der Waals surface area contributed by atoms with E-state index in [0.29, 0.717) is 5.92 Å². The SMILES string of the molecule is CCN(C=C[C@H](C)COC(C)(C)C)CC. The van der Waals surface area contributed by atoms with Gasteiger partial charge in [-0.1, -0.05) is 13.0 Å². The molecule has 0 fully saturated rings. The molecule has 0 radical (unpaired) electrons. The maximum absolute atomic E-state index is 5.72. The molecule has 0 saturated heterocycles. The molecular formula is C13H27NO. The molecule has 0 aromatic carbocycles. The Morgan fingerprint density at radius 2 is 1.73 bits per heavy atom. The standard InChI is InChI=1S/C13H27NO/c1-7-14(8-2)10-9-12(3)11-15-13(4,5)6/h9-10,12H,7-8,11H2,1-6H3/t12-/m0/s1. The first-order valence-corrected chi connectivity index (χ1v) is 5.95. The molecule has 15 heavy (non-hydrogen) atoms. The molecular weight excluding hydrogens is 186 g/mol. The lowest BCUT2D eigenvalue weighted by Crippen LogP contribution is -2.22. The third-order valence-electron chi connectivity index (χ3n) is 2.22. The summed E-state index contributed by atoms with van der Waals surface area (Å²) in [5.74, 6) is 0.477. The van der Waals surface area contributed by atoms with Gasteiger partial charge in [-0.05, 0) is 46.7 Å².